The lowest BCUT2D eigenvalue weighted by Gasteiger charge is -2.31. The molecule has 2 aromatic rings. The number of carbonyl (C=O) groups is 2. The number of carboxylic acids is 1. The average Bonchev–Trinajstić information content (AvgIpc) is 2.79. The summed E-state index contributed by atoms with van der Waals surface area (Å²) in [4.78, 5) is 23.5. The molecular formula is C22H26ClF3N4O5S. The van der Waals surface area contributed by atoms with E-state index in [1.807, 2.05) is 13.8 Å². The largest absolute Gasteiger partial charge is 0.490 e. The van der Waals surface area contributed by atoms with Crippen molar-refractivity contribution in [3.05, 3.63) is 53.1 Å². The van der Waals surface area contributed by atoms with Crippen LogP contribution in [-0.2, 0) is 14.8 Å². The zero-order chi connectivity index (χ0) is 27.1. The van der Waals surface area contributed by atoms with E-state index in [4.69, 9.17) is 21.5 Å². The van der Waals surface area contributed by atoms with Gasteiger partial charge in [-0.25, -0.2) is 13.2 Å². The lowest BCUT2D eigenvalue weighted by molar-refractivity contribution is -0.192. The van der Waals surface area contributed by atoms with Gasteiger partial charge in [0.2, 0.25) is 0 Å². The Balaban J connectivity index is 0.000000572. The van der Waals surface area contributed by atoms with E-state index in [0.717, 1.165) is 31.9 Å². The molecule has 0 aliphatic carbocycles. The van der Waals surface area contributed by atoms with E-state index in [2.05, 4.69) is 20.3 Å². The molecule has 1 aliphatic heterocycles. The molecule has 36 heavy (non-hydrogen) atoms. The van der Waals surface area contributed by atoms with E-state index in [1.54, 1.807) is 18.2 Å². The highest BCUT2D eigenvalue weighted by molar-refractivity contribution is 7.92. The van der Waals surface area contributed by atoms with Crippen molar-refractivity contribution in [1.29, 1.82) is 0 Å². The van der Waals surface area contributed by atoms with Crippen molar-refractivity contribution < 1.29 is 36.3 Å². The summed E-state index contributed by atoms with van der Waals surface area (Å²) < 4.78 is 60.2. The van der Waals surface area contributed by atoms with Gasteiger partial charge in [0.1, 0.15) is 0 Å². The number of anilines is 2. The van der Waals surface area contributed by atoms with Gasteiger partial charge in [-0.3, -0.25) is 9.52 Å². The van der Waals surface area contributed by atoms with Gasteiger partial charge in [-0.1, -0.05) is 11.6 Å². The quantitative estimate of drug-likeness (QED) is 0.434. The molecule has 3 rings (SSSR count). The Labute approximate surface area is 211 Å². The van der Waals surface area contributed by atoms with Gasteiger partial charge >= 0.3 is 12.1 Å². The highest BCUT2D eigenvalue weighted by Crippen LogP contribution is 2.30. The summed E-state index contributed by atoms with van der Waals surface area (Å²) in [6, 6.07) is 11.0. The fourth-order valence-electron chi connectivity index (χ4n) is 3.10. The van der Waals surface area contributed by atoms with Crippen molar-refractivity contribution in [2.75, 3.05) is 35.8 Å². The molecule has 0 spiro atoms. The van der Waals surface area contributed by atoms with E-state index in [-0.39, 0.29) is 16.8 Å². The molecule has 2 aromatic carbocycles. The predicted octanol–water partition coefficient (Wildman–Crippen LogP) is 3.32. The number of halogens is 4. The van der Waals surface area contributed by atoms with Crippen LogP contribution in [0.15, 0.2) is 47.4 Å². The van der Waals surface area contributed by atoms with E-state index in [9.17, 15) is 26.4 Å². The third-order valence-corrected chi connectivity index (χ3v) is 6.38. The second-order valence-electron chi connectivity index (χ2n) is 7.96. The van der Waals surface area contributed by atoms with Crippen LogP contribution in [0.2, 0.25) is 5.02 Å². The van der Waals surface area contributed by atoms with Crippen LogP contribution in [0.4, 0.5) is 24.5 Å². The van der Waals surface area contributed by atoms with Crippen LogP contribution in [0.1, 0.15) is 24.2 Å². The minimum absolute atomic E-state index is 0.0236. The molecule has 0 bridgehead atoms. The summed E-state index contributed by atoms with van der Waals surface area (Å²) >= 11 is 5.87. The maximum Gasteiger partial charge on any atom is 0.490 e. The van der Waals surface area contributed by atoms with Gasteiger partial charge in [-0.2, -0.15) is 13.2 Å². The van der Waals surface area contributed by atoms with Crippen LogP contribution in [0.3, 0.4) is 0 Å². The molecule has 0 saturated carbocycles. The van der Waals surface area contributed by atoms with Crippen molar-refractivity contribution in [2.45, 2.75) is 31.0 Å². The molecule has 198 valence electrons. The number of amides is 1. The highest BCUT2D eigenvalue weighted by atomic mass is 35.5. The summed E-state index contributed by atoms with van der Waals surface area (Å²) in [7, 11) is -3.84. The van der Waals surface area contributed by atoms with Crippen LogP contribution < -0.4 is 20.3 Å². The maximum absolute atomic E-state index is 12.9. The van der Waals surface area contributed by atoms with E-state index >= 15 is 0 Å². The number of sulfonamides is 1. The molecule has 14 heteroatoms. The van der Waals surface area contributed by atoms with Crippen molar-refractivity contribution in [3.63, 3.8) is 0 Å². The Morgan fingerprint density at radius 1 is 1.08 bits per heavy atom. The molecule has 4 N–H and O–H groups in total. The topological polar surface area (TPSA) is 128 Å². The van der Waals surface area contributed by atoms with Crippen molar-refractivity contribution in [3.8, 4) is 0 Å². The monoisotopic (exact) mass is 550 g/mol. The zero-order valence-electron chi connectivity index (χ0n) is 19.4. The van der Waals surface area contributed by atoms with E-state index in [0.29, 0.717) is 16.3 Å². The van der Waals surface area contributed by atoms with Gasteiger partial charge in [-0.05, 0) is 56.3 Å². The summed E-state index contributed by atoms with van der Waals surface area (Å²) in [5.41, 5.74) is 1.51. The average molecular weight is 551 g/mol. The van der Waals surface area contributed by atoms with Gasteiger partial charge in [0.05, 0.1) is 16.3 Å². The Kier molecular flexibility index (Phi) is 9.96. The molecule has 1 saturated heterocycles. The highest BCUT2D eigenvalue weighted by Gasteiger charge is 2.38. The number of carbonyl (C=O) groups excluding carboxylic acids is 1. The summed E-state index contributed by atoms with van der Waals surface area (Å²) in [6.45, 7) is 6.84. The van der Waals surface area contributed by atoms with E-state index < -0.39 is 22.2 Å². The second-order valence-corrected chi connectivity index (χ2v) is 10.1. The first-order chi connectivity index (χ1) is 16.7. The van der Waals surface area contributed by atoms with Crippen molar-refractivity contribution in [1.82, 2.24) is 10.6 Å². The van der Waals surface area contributed by atoms with Crippen LogP contribution in [0, 0.1) is 0 Å². The van der Waals surface area contributed by atoms with Crippen LogP contribution in [0.5, 0.6) is 0 Å². The van der Waals surface area contributed by atoms with Crippen molar-refractivity contribution >= 4 is 44.9 Å². The van der Waals surface area contributed by atoms with Crippen LogP contribution in [-0.4, -0.2) is 63.8 Å². The zero-order valence-corrected chi connectivity index (χ0v) is 21.0. The van der Waals surface area contributed by atoms with Crippen LogP contribution >= 0.6 is 11.6 Å². The first-order valence-electron chi connectivity index (χ1n) is 10.7. The molecule has 0 radical (unpaired) electrons. The van der Waals surface area contributed by atoms with Gasteiger partial charge in [-0.15, -0.1) is 0 Å². The number of aliphatic carboxylic acids is 1. The number of nitrogens with one attached hydrogen (secondary N) is 3. The number of nitrogens with zero attached hydrogens (tertiary/aromatic N) is 1. The summed E-state index contributed by atoms with van der Waals surface area (Å²) in [5, 5.41) is 13.7. The van der Waals surface area contributed by atoms with Crippen LogP contribution in [0.25, 0.3) is 0 Å². The maximum atomic E-state index is 12.9. The number of benzene rings is 2. The molecular weight excluding hydrogens is 525 g/mol. The second kappa shape index (κ2) is 12.3. The molecule has 1 aliphatic rings. The third kappa shape index (κ3) is 8.57. The lowest BCUT2D eigenvalue weighted by atomic mass is 10.1. The summed E-state index contributed by atoms with van der Waals surface area (Å²) in [6.07, 6.45) is -5.08. The number of carboxylic acid groups (broad SMARTS) is 1. The molecule has 0 atom stereocenters. The molecule has 0 aromatic heterocycles. The van der Waals surface area contributed by atoms with Gasteiger partial charge in [0, 0.05) is 42.8 Å². The van der Waals surface area contributed by atoms with Gasteiger partial charge < -0.3 is 20.6 Å². The molecule has 1 heterocycles. The summed E-state index contributed by atoms with van der Waals surface area (Å²) in [5.74, 6) is -3.01. The number of alkyl halides is 3. The molecule has 1 amide bonds. The molecule has 1 fully saturated rings. The number of hydrogen-bond acceptors (Lipinski definition) is 6. The minimum Gasteiger partial charge on any atom is -0.475 e. The standard InChI is InChI=1S/C20H25ClN4O3S.C2HF3O2/c1-14(2)23-20(26)15-3-8-19(25-11-9-22-10-12-25)18(13-15)24-29(27,28)17-6-4-16(21)5-7-17;3-2(4,5)1(6)7/h3-8,13-14,22,24H,9-12H2,1-2H3,(H,23,26);(H,6,7). The smallest absolute Gasteiger partial charge is 0.475 e. The Morgan fingerprint density at radius 3 is 2.14 bits per heavy atom. The number of piperazine rings is 1. The van der Waals surface area contributed by atoms with E-state index in [1.165, 1.54) is 24.3 Å². The molecule has 0 unspecified atom stereocenters. The fraction of sp³-hybridized carbons (Fsp3) is 0.364. The first-order valence-corrected chi connectivity index (χ1v) is 12.6. The SMILES string of the molecule is CC(C)NC(=O)c1ccc(N2CCNCC2)c(NS(=O)(=O)c2ccc(Cl)cc2)c1.O=C(O)C(F)(F)F. The first kappa shape index (κ1) is 29.2. The van der Waals surface area contributed by atoms with Gasteiger partial charge in [0.15, 0.2) is 0 Å². The predicted molar refractivity (Wildman–Crippen MR) is 130 cm³/mol. The van der Waals surface area contributed by atoms with Gasteiger partial charge in [0.25, 0.3) is 15.9 Å². The number of hydrogen-bond donors (Lipinski definition) is 4. The third-order valence-electron chi connectivity index (χ3n) is 4.75. The fourth-order valence-corrected chi connectivity index (χ4v) is 4.29. The molecule has 9 nitrogen and oxygen atoms in total. The minimum atomic E-state index is -5.08. The Hall–Kier alpha value is -3.03. The Morgan fingerprint density at radius 2 is 1.64 bits per heavy atom. The Bertz CT molecular complexity index is 1170. The number of rotatable bonds is 6. The normalized spacial score (nSPS) is 14.0. The lowest BCUT2D eigenvalue weighted by Crippen LogP contribution is -2.43. The van der Waals surface area contributed by atoms with Crippen molar-refractivity contribution in [2.24, 2.45) is 0 Å².